The summed E-state index contributed by atoms with van der Waals surface area (Å²) in [7, 11) is 0. The maximum Gasteiger partial charge on any atom is 0.407 e. The van der Waals surface area contributed by atoms with Crippen LogP contribution in [-0.2, 0) is 15.9 Å². The zero-order valence-corrected chi connectivity index (χ0v) is 14.9. The summed E-state index contributed by atoms with van der Waals surface area (Å²) in [6.07, 6.45) is 2.81. The standard InChI is InChI=1S/C19H24N2O4/c1-19(2,3)24-18(22)20-12-17-15-7-4-6-14(16-9-10-21-25-16)13(15)8-5-11-23-17/h4,6-7,9-10,17H,5,8,11-12H2,1-3H3,(H,20,22)/t17-/m1/s1. The molecule has 1 aromatic heterocycles. The van der Waals surface area contributed by atoms with E-state index in [4.69, 9.17) is 14.0 Å². The molecule has 134 valence electrons. The van der Waals surface area contributed by atoms with Crippen molar-refractivity contribution >= 4 is 6.09 Å². The number of rotatable bonds is 3. The lowest BCUT2D eigenvalue weighted by Gasteiger charge is -2.22. The lowest BCUT2D eigenvalue weighted by atomic mass is 9.93. The Balaban J connectivity index is 1.79. The maximum absolute atomic E-state index is 11.9. The highest BCUT2D eigenvalue weighted by Crippen LogP contribution is 2.33. The highest BCUT2D eigenvalue weighted by Gasteiger charge is 2.24. The van der Waals surface area contributed by atoms with Crippen molar-refractivity contribution in [2.75, 3.05) is 13.2 Å². The fourth-order valence-corrected chi connectivity index (χ4v) is 2.99. The predicted octanol–water partition coefficient (Wildman–Crippen LogP) is 3.87. The Hall–Kier alpha value is -2.34. The molecule has 0 fully saturated rings. The number of hydrogen-bond acceptors (Lipinski definition) is 5. The molecule has 6 heteroatoms. The van der Waals surface area contributed by atoms with Gasteiger partial charge in [-0.2, -0.15) is 0 Å². The van der Waals surface area contributed by atoms with Gasteiger partial charge in [-0.3, -0.25) is 0 Å². The molecule has 0 spiro atoms. The van der Waals surface area contributed by atoms with Gasteiger partial charge >= 0.3 is 6.09 Å². The van der Waals surface area contributed by atoms with Gasteiger partial charge in [-0.1, -0.05) is 23.4 Å². The minimum atomic E-state index is -0.522. The van der Waals surface area contributed by atoms with Crippen molar-refractivity contribution in [3.8, 4) is 11.3 Å². The number of carbonyl (C=O) groups is 1. The van der Waals surface area contributed by atoms with E-state index in [1.54, 1.807) is 6.20 Å². The molecule has 0 aliphatic carbocycles. The number of nitrogens with zero attached hydrogens (tertiary/aromatic N) is 1. The molecule has 2 heterocycles. The number of nitrogens with one attached hydrogen (secondary N) is 1. The van der Waals surface area contributed by atoms with Crippen molar-refractivity contribution in [1.29, 1.82) is 0 Å². The quantitative estimate of drug-likeness (QED) is 0.915. The number of benzene rings is 1. The molecule has 25 heavy (non-hydrogen) atoms. The van der Waals surface area contributed by atoms with Crippen molar-refractivity contribution in [2.24, 2.45) is 0 Å². The molecular weight excluding hydrogens is 320 g/mol. The van der Waals surface area contributed by atoms with E-state index in [-0.39, 0.29) is 6.10 Å². The Kier molecular flexibility index (Phi) is 5.08. The second-order valence-corrected chi connectivity index (χ2v) is 7.10. The van der Waals surface area contributed by atoms with Gasteiger partial charge in [0.05, 0.1) is 12.7 Å². The second-order valence-electron chi connectivity index (χ2n) is 7.10. The van der Waals surface area contributed by atoms with Crippen molar-refractivity contribution < 1.29 is 18.8 Å². The van der Waals surface area contributed by atoms with Gasteiger partial charge in [-0.05, 0) is 44.7 Å². The van der Waals surface area contributed by atoms with Crippen LogP contribution in [0.2, 0.25) is 0 Å². The molecule has 1 N–H and O–H groups in total. The summed E-state index contributed by atoms with van der Waals surface area (Å²) in [5.41, 5.74) is 2.77. The summed E-state index contributed by atoms with van der Waals surface area (Å²) < 4.78 is 16.6. The Morgan fingerprint density at radius 2 is 2.20 bits per heavy atom. The number of ether oxygens (including phenoxy) is 2. The van der Waals surface area contributed by atoms with Crippen LogP contribution in [0.4, 0.5) is 4.79 Å². The van der Waals surface area contributed by atoms with Gasteiger partial charge in [0, 0.05) is 18.2 Å². The Labute approximate surface area is 147 Å². The average Bonchev–Trinajstić information content (AvgIpc) is 2.99. The van der Waals surface area contributed by atoms with Crippen LogP contribution in [0.25, 0.3) is 11.3 Å². The van der Waals surface area contributed by atoms with Crippen molar-refractivity contribution in [3.05, 3.63) is 41.6 Å². The van der Waals surface area contributed by atoms with E-state index in [2.05, 4.69) is 10.5 Å². The lowest BCUT2D eigenvalue weighted by molar-refractivity contribution is 0.0359. The average molecular weight is 344 g/mol. The minimum Gasteiger partial charge on any atom is -0.444 e. The van der Waals surface area contributed by atoms with E-state index in [0.29, 0.717) is 13.2 Å². The van der Waals surface area contributed by atoms with Gasteiger partial charge in [-0.25, -0.2) is 4.79 Å². The predicted molar refractivity (Wildman–Crippen MR) is 93.2 cm³/mol. The zero-order chi connectivity index (χ0) is 17.9. The third-order valence-corrected chi connectivity index (χ3v) is 3.98. The van der Waals surface area contributed by atoms with Gasteiger partial charge in [0.25, 0.3) is 0 Å². The van der Waals surface area contributed by atoms with E-state index < -0.39 is 11.7 Å². The van der Waals surface area contributed by atoms with Crippen LogP contribution < -0.4 is 5.32 Å². The van der Waals surface area contributed by atoms with E-state index in [9.17, 15) is 4.79 Å². The summed E-state index contributed by atoms with van der Waals surface area (Å²) in [5, 5.41) is 6.61. The largest absolute Gasteiger partial charge is 0.444 e. The number of aromatic nitrogens is 1. The van der Waals surface area contributed by atoms with Crippen LogP contribution in [0.5, 0.6) is 0 Å². The number of hydrogen-bond donors (Lipinski definition) is 1. The normalized spacial score (nSPS) is 17.5. The molecule has 1 aliphatic heterocycles. The van der Waals surface area contributed by atoms with Crippen LogP contribution in [0.3, 0.4) is 0 Å². The van der Waals surface area contributed by atoms with Crippen LogP contribution in [0, 0.1) is 0 Å². The molecule has 0 saturated heterocycles. The number of alkyl carbamates (subject to hydrolysis) is 1. The summed E-state index contributed by atoms with van der Waals surface area (Å²) in [6.45, 7) is 6.53. The van der Waals surface area contributed by atoms with Gasteiger partial charge < -0.3 is 19.3 Å². The fraction of sp³-hybridized carbons (Fsp3) is 0.474. The van der Waals surface area contributed by atoms with Gasteiger partial charge in [-0.15, -0.1) is 0 Å². The molecule has 1 aromatic carbocycles. The third-order valence-electron chi connectivity index (χ3n) is 3.98. The second kappa shape index (κ2) is 7.27. The highest BCUT2D eigenvalue weighted by molar-refractivity contribution is 5.68. The van der Waals surface area contributed by atoms with Crippen LogP contribution in [0.15, 0.2) is 35.0 Å². The molecule has 0 bridgehead atoms. The van der Waals surface area contributed by atoms with Crippen LogP contribution in [-0.4, -0.2) is 30.0 Å². The molecule has 1 amide bonds. The van der Waals surface area contributed by atoms with Crippen molar-refractivity contribution in [2.45, 2.75) is 45.3 Å². The molecule has 1 atom stereocenters. The number of amides is 1. The monoisotopic (exact) mass is 344 g/mol. The smallest absolute Gasteiger partial charge is 0.407 e. The summed E-state index contributed by atoms with van der Waals surface area (Å²) >= 11 is 0. The number of fused-ring (bicyclic) bond motifs is 1. The molecule has 0 unspecified atom stereocenters. The summed E-state index contributed by atoms with van der Waals surface area (Å²) in [5.74, 6) is 0.748. The number of carbonyl (C=O) groups excluding carboxylic acids is 1. The third kappa shape index (κ3) is 4.39. The highest BCUT2D eigenvalue weighted by atomic mass is 16.6. The Morgan fingerprint density at radius 1 is 1.36 bits per heavy atom. The molecule has 0 radical (unpaired) electrons. The molecule has 2 aromatic rings. The first-order valence-electron chi connectivity index (χ1n) is 8.55. The lowest BCUT2D eigenvalue weighted by Crippen LogP contribution is -2.35. The topological polar surface area (TPSA) is 73.6 Å². The van der Waals surface area contributed by atoms with Gasteiger partial charge in [0.15, 0.2) is 5.76 Å². The van der Waals surface area contributed by atoms with Gasteiger partial charge in [0.1, 0.15) is 11.7 Å². The van der Waals surface area contributed by atoms with E-state index in [1.165, 1.54) is 5.56 Å². The van der Waals surface area contributed by atoms with E-state index in [0.717, 1.165) is 29.7 Å². The Morgan fingerprint density at radius 3 is 2.92 bits per heavy atom. The minimum absolute atomic E-state index is 0.215. The van der Waals surface area contributed by atoms with E-state index >= 15 is 0 Å². The van der Waals surface area contributed by atoms with Crippen LogP contribution in [0.1, 0.15) is 44.4 Å². The zero-order valence-electron chi connectivity index (χ0n) is 14.9. The van der Waals surface area contributed by atoms with Crippen molar-refractivity contribution in [1.82, 2.24) is 10.5 Å². The van der Waals surface area contributed by atoms with E-state index in [1.807, 2.05) is 45.0 Å². The van der Waals surface area contributed by atoms with Crippen LogP contribution >= 0.6 is 0 Å². The molecule has 6 nitrogen and oxygen atoms in total. The first-order valence-corrected chi connectivity index (χ1v) is 8.55. The van der Waals surface area contributed by atoms with Crippen molar-refractivity contribution in [3.63, 3.8) is 0 Å². The first kappa shape index (κ1) is 17.5. The molecule has 1 aliphatic rings. The SMILES string of the molecule is CC(C)(C)OC(=O)NC[C@H]1OCCCc2c(-c3ccno3)cccc21. The summed E-state index contributed by atoms with van der Waals surface area (Å²) in [6, 6.07) is 7.91. The van der Waals surface area contributed by atoms with Gasteiger partial charge in [0.2, 0.25) is 0 Å². The molecule has 3 rings (SSSR count). The first-order chi connectivity index (χ1) is 11.9. The Bertz CT molecular complexity index is 720. The maximum atomic E-state index is 11.9. The molecule has 0 saturated carbocycles. The summed E-state index contributed by atoms with van der Waals surface area (Å²) in [4.78, 5) is 11.9. The fourth-order valence-electron chi connectivity index (χ4n) is 2.99. The molecular formula is C19H24N2O4.